The molecule has 0 N–H and O–H groups in total. The van der Waals surface area contributed by atoms with E-state index in [-0.39, 0.29) is 46.5 Å². The van der Waals surface area contributed by atoms with Gasteiger partial charge in [-0.1, -0.05) is 116 Å². The monoisotopic (exact) mass is 852 g/mol. The van der Waals surface area contributed by atoms with Crippen molar-refractivity contribution in [3.8, 4) is 11.1 Å². The van der Waals surface area contributed by atoms with Crippen molar-refractivity contribution in [2.75, 3.05) is 0 Å². The number of benzene rings is 4. The van der Waals surface area contributed by atoms with Crippen molar-refractivity contribution in [1.82, 2.24) is 0 Å². The third kappa shape index (κ3) is 15.6. The van der Waals surface area contributed by atoms with Crippen molar-refractivity contribution in [2.24, 2.45) is 0 Å². The van der Waals surface area contributed by atoms with Crippen LogP contribution in [0.15, 0.2) is 85.0 Å². The van der Waals surface area contributed by atoms with E-state index in [4.69, 9.17) is 23.2 Å². The minimum absolute atomic E-state index is 0. The van der Waals surface area contributed by atoms with Crippen LogP contribution >= 0.6 is 48.0 Å². The zero-order valence-corrected chi connectivity index (χ0v) is 38.9. The Morgan fingerprint density at radius 2 is 1.02 bits per heavy atom. The van der Waals surface area contributed by atoms with Gasteiger partial charge in [-0.3, -0.25) is 6.08 Å². The zero-order valence-electron chi connectivity index (χ0n) is 33.3. The fourth-order valence-electron chi connectivity index (χ4n) is 5.70. The summed E-state index contributed by atoms with van der Waals surface area (Å²) >= 11 is 12.3. The van der Waals surface area contributed by atoms with Crippen LogP contribution in [0.25, 0.3) is 11.1 Å². The molecule has 0 saturated heterocycles. The maximum absolute atomic E-state index is 5.52. The van der Waals surface area contributed by atoms with Gasteiger partial charge >= 0.3 is 28.4 Å². The summed E-state index contributed by atoms with van der Waals surface area (Å²) in [4.78, 5) is 0. The third-order valence-corrected chi connectivity index (χ3v) is 8.68. The van der Waals surface area contributed by atoms with Crippen LogP contribution < -0.4 is 0 Å². The van der Waals surface area contributed by atoms with Crippen molar-refractivity contribution < 1.29 is 24.2 Å². The molecule has 0 aromatic heterocycles. The summed E-state index contributed by atoms with van der Waals surface area (Å²) in [5.41, 5.74) is 11.9. The van der Waals surface area contributed by atoms with Crippen LogP contribution in [0.5, 0.6) is 0 Å². The van der Waals surface area contributed by atoms with E-state index >= 15 is 0 Å². The van der Waals surface area contributed by atoms with Gasteiger partial charge in [0, 0.05) is 0 Å². The first-order valence-corrected chi connectivity index (χ1v) is 19.8. The fraction of sp³-hybridized carbons (Fsp3) is 0.383. The Labute approximate surface area is 355 Å². The van der Waals surface area contributed by atoms with Crippen molar-refractivity contribution >= 4 is 52.2 Å². The Balaban J connectivity index is 0.000000911. The average Bonchev–Trinajstić information content (AvgIpc) is 3.72. The van der Waals surface area contributed by atoms with Gasteiger partial charge in [-0.25, -0.2) is 12.2 Å². The molecule has 0 aliphatic heterocycles. The molecule has 0 spiro atoms. The van der Waals surface area contributed by atoms with Gasteiger partial charge in [0.1, 0.15) is 0 Å². The molecule has 0 saturated carbocycles. The molecule has 2 aliphatic rings. The Kier molecular flexibility index (Phi) is 21.3. The fourth-order valence-corrected chi connectivity index (χ4v) is 5.95. The second-order valence-corrected chi connectivity index (χ2v) is 17.5. The predicted octanol–water partition coefficient (Wildman–Crippen LogP) is 14.6. The Bertz CT molecular complexity index is 1580. The minimum atomic E-state index is 0. The number of rotatable bonds is 0. The number of allylic oxidation sites excluding steroid dienone is 4. The molecule has 0 radical (unpaired) electrons. The van der Waals surface area contributed by atoms with E-state index < -0.39 is 0 Å². The molecule has 4 aromatic rings. The molecular formula is C47H58Cl4Zr-4. The van der Waals surface area contributed by atoms with Gasteiger partial charge < -0.3 is 0 Å². The van der Waals surface area contributed by atoms with Gasteiger partial charge in [-0.15, -0.1) is 71.1 Å². The normalized spacial score (nSPS) is 12.3. The van der Waals surface area contributed by atoms with Gasteiger partial charge in [0.25, 0.3) is 0 Å². The molecule has 0 nitrogen and oxygen atoms in total. The van der Waals surface area contributed by atoms with Crippen LogP contribution in [0.3, 0.4) is 0 Å². The SMILES string of the molecule is CC(C)(C)c1[c-]c2c(cc1C(C)(C)C)-c1cc(C(C)(C)C)c(C(C)(C)C)cc1C2.Cl.Cl.Clc1cc[c-]cc1.Clc1cc[c-]cc1.[C-]1=CC=CC1.[CH2]=[Zr]. The van der Waals surface area contributed by atoms with E-state index in [9.17, 15) is 0 Å². The molecule has 52 heavy (non-hydrogen) atoms. The molecule has 5 heteroatoms. The predicted molar refractivity (Wildman–Crippen MR) is 232 cm³/mol. The Morgan fingerprint density at radius 3 is 1.33 bits per heavy atom. The van der Waals surface area contributed by atoms with Gasteiger partial charge in [0.05, 0.1) is 0 Å². The molecule has 0 unspecified atom stereocenters. The molecule has 0 atom stereocenters. The summed E-state index contributed by atoms with van der Waals surface area (Å²) in [6.07, 6.45) is 11.0. The Hall–Kier alpha value is -1.73. The van der Waals surface area contributed by atoms with E-state index in [2.05, 4.69) is 136 Å². The summed E-state index contributed by atoms with van der Waals surface area (Å²) in [5, 5.41) is 1.53. The van der Waals surface area contributed by atoms with Crippen LogP contribution in [0.1, 0.15) is 123 Å². The molecule has 0 heterocycles. The van der Waals surface area contributed by atoms with Gasteiger partial charge in [0.2, 0.25) is 0 Å². The first-order chi connectivity index (χ1) is 23.2. The molecule has 0 bridgehead atoms. The van der Waals surface area contributed by atoms with E-state index in [0.29, 0.717) is 0 Å². The first kappa shape index (κ1) is 50.3. The van der Waals surface area contributed by atoms with Crippen LogP contribution in [-0.4, -0.2) is 4.21 Å². The number of halogens is 4. The van der Waals surface area contributed by atoms with Crippen LogP contribution in [-0.2, 0) is 52.3 Å². The van der Waals surface area contributed by atoms with Gasteiger partial charge in [-0.2, -0.15) is 84.4 Å². The average molecular weight is 856 g/mol. The molecule has 282 valence electrons. The molecule has 4 aromatic carbocycles. The summed E-state index contributed by atoms with van der Waals surface area (Å²) in [5.74, 6) is 0. The Morgan fingerprint density at radius 1 is 0.596 bits per heavy atom. The van der Waals surface area contributed by atoms with Crippen molar-refractivity contribution in [3.63, 3.8) is 0 Å². The van der Waals surface area contributed by atoms with E-state index in [1.54, 1.807) is 48.5 Å². The molecule has 2 aliphatic carbocycles. The van der Waals surface area contributed by atoms with Crippen molar-refractivity contribution in [3.05, 3.63) is 153 Å². The summed E-state index contributed by atoms with van der Waals surface area (Å²) in [7, 11) is 0. The zero-order chi connectivity index (χ0) is 37.9. The number of hydrogen-bond acceptors (Lipinski definition) is 0. The van der Waals surface area contributed by atoms with Crippen molar-refractivity contribution in [1.29, 1.82) is 0 Å². The molecular weight excluding hydrogens is 798 g/mol. The van der Waals surface area contributed by atoms with Crippen LogP contribution in [0.2, 0.25) is 10.0 Å². The topological polar surface area (TPSA) is 0 Å². The molecule has 0 amide bonds. The van der Waals surface area contributed by atoms with Crippen LogP contribution in [0.4, 0.5) is 0 Å². The number of hydrogen-bond donors (Lipinski definition) is 0. The van der Waals surface area contributed by atoms with E-state index in [1.807, 2.05) is 12.2 Å². The van der Waals surface area contributed by atoms with E-state index in [1.165, 1.54) is 68.7 Å². The molecule has 0 fully saturated rings. The maximum atomic E-state index is 5.52. The first-order valence-electron chi connectivity index (χ1n) is 17.3. The second-order valence-electron chi connectivity index (χ2n) is 16.6. The standard InChI is InChI=1S/C29H41.2C6H4Cl.C5H5.CH2.2ClH.Zr/c1-26(2,3)22-14-18-13-19-15-23(27(4,5)6)25(29(10,11)12)17-21(19)20(18)16-24(22)28(7,8)9;2*7-6-4-2-1-3-5-6;1-2-4-5-3-1;;;;/h14,16-17H,13H2,1-12H3;2*2-5H;1-3H,4H2;1H2;2*1H;/q4*-1;;;;. The summed E-state index contributed by atoms with van der Waals surface area (Å²) in [6.45, 7) is 28.0. The van der Waals surface area contributed by atoms with Crippen molar-refractivity contribution in [2.45, 2.75) is 118 Å². The summed E-state index contributed by atoms with van der Waals surface area (Å²) < 4.78 is 3.34. The van der Waals surface area contributed by atoms with Gasteiger partial charge in [0.15, 0.2) is 0 Å². The quantitative estimate of drug-likeness (QED) is 0.136. The van der Waals surface area contributed by atoms with Gasteiger partial charge in [-0.05, 0) is 39.4 Å². The summed E-state index contributed by atoms with van der Waals surface area (Å²) in [6, 6.07) is 31.4. The third-order valence-electron chi connectivity index (χ3n) is 8.17. The second kappa shape index (κ2) is 22.0. The van der Waals surface area contributed by atoms with Crippen LogP contribution in [0, 0.1) is 24.3 Å². The van der Waals surface area contributed by atoms with E-state index in [0.717, 1.165) is 22.9 Å². The molecule has 6 rings (SSSR count). The number of fused-ring (bicyclic) bond motifs is 3.